The third-order valence-electron chi connectivity index (χ3n) is 3.39. The number of nitrogens with zero attached hydrogens (tertiary/aromatic N) is 1. The summed E-state index contributed by atoms with van der Waals surface area (Å²) in [5, 5.41) is 3.07. The van der Waals surface area contributed by atoms with Crippen molar-refractivity contribution >= 4 is 41.5 Å². The zero-order chi connectivity index (χ0) is 15.9. The fourth-order valence-corrected chi connectivity index (χ4v) is 2.45. The smallest absolute Gasteiger partial charge is 0.255 e. The Labute approximate surface area is 146 Å². The van der Waals surface area contributed by atoms with Gasteiger partial charge in [-0.15, -0.1) is 12.4 Å². The first-order valence-electron chi connectivity index (χ1n) is 7.28. The van der Waals surface area contributed by atoms with Crippen molar-refractivity contribution in [3.05, 3.63) is 28.8 Å². The predicted octanol–water partition coefficient (Wildman–Crippen LogP) is 1.91. The highest BCUT2D eigenvalue weighted by molar-refractivity contribution is 6.34. The highest BCUT2D eigenvalue weighted by Crippen LogP contribution is 2.23. The van der Waals surface area contributed by atoms with Crippen LogP contribution in [0.3, 0.4) is 0 Å². The van der Waals surface area contributed by atoms with E-state index < -0.39 is 0 Å². The normalized spacial score (nSPS) is 14.1. The number of halogens is 2. The summed E-state index contributed by atoms with van der Waals surface area (Å²) in [7, 11) is 0. The monoisotopic (exact) mass is 361 g/mol. The van der Waals surface area contributed by atoms with Crippen LogP contribution in [0, 0.1) is 0 Å². The molecule has 1 aromatic carbocycles. The molecule has 0 spiro atoms. The molecule has 23 heavy (non-hydrogen) atoms. The van der Waals surface area contributed by atoms with Crippen LogP contribution in [-0.2, 0) is 9.53 Å². The van der Waals surface area contributed by atoms with Crippen LogP contribution in [0.2, 0.25) is 5.02 Å². The molecule has 3 N–H and O–H groups in total. The van der Waals surface area contributed by atoms with Gasteiger partial charge in [-0.25, -0.2) is 0 Å². The maximum Gasteiger partial charge on any atom is 0.255 e. The Balaban J connectivity index is 0.00000264. The molecule has 0 unspecified atom stereocenters. The van der Waals surface area contributed by atoms with Gasteiger partial charge in [0.05, 0.1) is 23.8 Å². The van der Waals surface area contributed by atoms with Gasteiger partial charge in [-0.3, -0.25) is 9.59 Å². The Morgan fingerprint density at radius 1 is 1.30 bits per heavy atom. The van der Waals surface area contributed by atoms with E-state index in [2.05, 4.69) is 5.32 Å². The molecule has 1 fully saturated rings. The minimum Gasteiger partial charge on any atom is -0.378 e. The fourth-order valence-electron chi connectivity index (χ4n) is 2.19. The first-order valence-corrected chi connectivity index (χ1v) is 7.66. The van der Waals surface area contributed by atoms with Crippen molar-refractivity contribution < 1.29 is 14.3 Å². The van der Waals surface area contributed by atoms with Crippen LogP contribution in [-0.4, -0.2) is 49.6 Å². The minimum absolute atomic E-state index is 0. The molecule has 1 aliphatic rings. The third-order valence-corrected chi connectivity index (χ3v) is 3.70. The number of carbonyl (C=O) groups excluding carboxylic acids is 2. The number of rotatable bonds is 5. The lowest BCUT2D eigenvalue weighted by molar-refractivity contribution is -0.116. The van der Waals surface area contributed by atoms with Crippen LogP contribution in [0.4, 0.5) is 5.69 Å². The van der Waals surface area contributed by atoms with Gasteiger partial charge in [0.2, 0.25) is 5.91 Å². The number of morpholine rings is 1. The number of hydrogen-bond donors (Lipinski definition) is 2. The number of nitrogens with two attached hydrogens (primary N) is 1. The quantitative estimate of drug-likeness (QED) is 0.838. The van der Waals surface area contributed by atoms with Gasteiger partial charge in [-0.1, -0.05) is 11.6 Å². The molecule has 2 rings (SSSR count). The first-order chi connectivity index (χ1) is 10.6. The molecule has 1 heterocycles. The van der Waals surface area contributed by atoms with Crippen molar-refractivity contribution in [2.45, 2.75) is 12.8 Å². The van der Waals surface area contributed by atoms with Gasteiger partial charge in [-0.05, 0) is 31.2 Å². The Hall–Kier alpha value is -1.34. The minimum atomic E-state index is -0.117. The van der Waals surface area contributed by atoms with Gasteiger partial charge in [0.1, 0.15) is 0 Å². The summed E-state index contributed by atoms with van der Waals surface area (Å²) < 4.78 is 5.23. The molecule has 6 nitrogen and oxygen atoms in total. The summed E-state index contributed by atoms with van der Waals surface area (Å²) in [5.41, 5.74) is 6.37. The molecule has 1 saturated heterocycles. The van der Waals surface area contributed by atoms with E-state index in [0.29, 0.717) is 62.0 Å². The predicted molar refractivity (Wildman–Crippen MR) is 92.3 cm³/mol. The number of ether oxygens (including phenoxy) is 1. The van der Waals surface area contributed by atoms with Crippen molar-refractivity contribution in [2.75, 3.05) is 38.2 Å². The van der Waals surface area contributed by atoms with Crippen molar-refractivity contribution in [3.63, 3.8) is 0 Å². The van der Waals surface area contributed by atoms with Crippen molar-refractivity contribution in [2.24, 2.45) is 5.73 Å². The number of carbonyl (C=O) groups is 2. The zero-order valence-corrected chi connectivity index (χ0v) is 14.3. The second-order valence-electron chi connectivity index (χ2n) is 5.04. The van der Waals surface area contributed by atoms with Gasteiger partial charge < -0.3 is 20.7 Å². The van der Waals surface area contributed by atoms with Gasteiger partial charge in [-0.2, -0.15) is 0 Å². The zero-order valence-electron chi connectivity index (χ0n) is 12.7. The fraction of sp³-hybridized carbons (Fsp3) is 0.467. The molecular formula is C15H21Cl2N3O3. The Kier molecular flexibility index (Phi) is 8.33. The highest BCUT2D eigenvalue weighted by atomic mass is 35.5. The summed E-state index contributed by atoms with van der Waals surface area (Å²) in [6.07, 6.45) is 0.996. The van der Waals surface area contributed by atoms with Crippen LogP contribution < -0.4 is 11.1 Å². The summed E-state index contributed by atoms with van der Waals surface area (Å²) >= 11 is 6.18. The maximum atomic E-state index is 12.4. The summed E-state index contributed by atoms with van der Waals surface area (Å²) in [5.74, 6) is -0.233. The molecule has 0 aromatic heterocycles. The third kappa shape index (κ3) is 5.66. The van der Waals surface area contributed by atoms with E-state index in [9.17, 15) is 9.59 Å². The lowest BCUT2D eigenvalue weighted by Crippen LogP contribution is -2.40. The highest BCUT2D eigenvalue weighted by Gasteiger charge is 2.20. The SMILES string of the molecule is Cl.NCCCC(=O)Nc1ccc(C(=O)N2CCOCC2)c(Cl)c1. The second kappa shape index (κ2) is 9.72. The second-order valence-corrected chi connectivity index (χ2v) is 5.45. The standard InChI is InChI=1S/C15H20ClN3O3.ClH/c16-13-10-11(18-14(20)2-1-5-17)3-4-12(13)15(21)19-6-8-22-9-7-19;/h3-4,10H,1-2,5-9,17H2,(H,18,20);1H. The van der Waals surface area contributed by atoms with Gasteiger partial charge >= 0.3 is 0 Å². The van der Waals surface area contributed by atoms with Crippen LogP contribution in [0.5, 0.6) is 0 Å². The first kappa shape index (κ1) is 19.7. The van der Waals surface area contributed by atoms with E-state index >= 15 is 0 Å². The van der Waals surface area contributed by atoms with Gasteiger partial charge in [0.25, 0.3) is 5.91 Å². The number of amides is 2. The Bertz CT molecular complexity index is 549. The Morgan fingerprint density at radius 2 is 2.00 bits per heavy atom. The average Bonchev–Trinajstić information content (AvgIpc) is 2.53. The molecule has 2 amide bonds. The van der Waals surface area contributed by atoms with E-state index in [1.807, 2.05) is 0 Å². The van der Waals surface area contributed by atoms with E-state index in [1.165, 1.54) is 0 Å². The van der Waals surface area contributed by atoms with Crippen molar-refractivity contribution in [1.29, 1.82) is 0 Å². The van der Waals surface area contributed by atoms with Crippen molar-refractivity contribution in [3.8, 4) is 0 Å². The summed E-state index contributed by atoms with van der Waals surface area (Å²) in [6.45, 7) is 2.68. The summed E-state index contributed by atoms with van der Waals surface area (Å²) in [6, 6.07) is 4.91. The van der Waals surface area contributed by atoms with Crippen molar-refractivity contribution in [1.82, 2.24) is 4.90 Å². The molecule has 8 heteroatoms. The molecule has 1 aromatic rings. The molecule has 1 aliphatic heterocycles. The number of hydrogen-bond acceptors (Lipinski definition) is 4. The topological polar surface area (TPSA) is 84.7 Å². The molecule has 0 atom stereocenters. The van der Waals surface area contributed by atoms with Crippen LogP contribution in [0.15, 0.2) is 18.2 Å². The van der Waals surface area contributed by atoms with E-state index in [4.69, 9.17) is 22.1 Å². The molecular weight excluding hydrogens is 341 g/mol. The van der Waals surface area contributed by atoms with Crippen LogP contribution >= 0.6 is 24.0 Å². The molecule has 0 aliphatic carbocycles. The number of nitrogens with one attached hydrogen (secondary N) is 1. The largest absolute Gasteiger partial charge is 0.378 e. The lowest BCUT2D eigenvalue weighted by atomic mass is 10.1. The summed E-state index contributed by atoms with van der Waals surface area (Å²) in [4.78, 5) is 25.7. The molecule has 0 bridgehead atoms. The number of benzene rings is 1. The number of anilines is 1. The Morgan fingerprint density at radius 3 is 2.61 bits per heavy atom. The molecule has 128 valence electrons. The average molecular weight is 362 g/mol. The van der Waals surface area contributed by atoms with E-state index in [0.717, 1.165) is 0 Å². The van der Waals surface area contributed by atoms with Gasteiger partial charge in [0.15, 0.2) is 0 Å². The van der Waals surface area contributed by atoms with Gasteiger partial charge in [0, 0.05) is 25.2 Å². The molecule has 0 saturated carbocycles. The van der Waals surface area contributed by atoms with Crippen LogP contribution in [0.25, 0.3) is 0 Å². The van der Waals surface area contributed by atoms with E-state index in [1.54, 1.807) is 23.1 Å². The molecule has 0 radical (unpaired) electrons. The van der Waals surface area contributed by atoms with E-state index in [-0.39, 0.29) is 24.2 Å². The lowest BCUT2D eigenvalue weighted by Gasteiger charge is -2.27. The van der Waals surface area contributed by atoms with Crippen LogP contribution in [0.1, 0.15) is 23.2 Å². The maximum absolute atomic E-state index is 12.4.